The summed E-state index contributed by atoms with van der Waals surface area (Å²) >= 11 is 13.0. The van der Waals surface area contributed by atoms with Crippen molar-refractivity contribution in [2.24, 2.45) is 10.4 Å². The number of aliphatic hydroxyl groups excluding tert-OH is 1. The van der Waals surface area contributed by atoms with Gasteiger partial charge in [-0.3, -0.25) is 4.79 Å². The Bertz CT molecular complexity index is 833. The molecule has 1 aromatic carbocycles. The van der Waals surface area contributed by atoms with Crippen molar-refractivity contribution >= 4 is 40.5 Å². The van der Waals surface area contributed by atoms with E-state index in [-0.39, 0.29) is 24.4 Å². The van der Waals surface area contributed by atoms with Gasteiger partial charge in [-0.1, -0.05) is 23.2 Å². The van der Waals surface area contributed by atoms with Crippen molar-refractivity contribution in [1.82, 2.24) is 0 Å². The SMILES string of the molecule is O=C1C=C2c3c(cc(OCC4=NCCO4)c(Cl)c3Cl)CC2(CCO)CC1. The summed E-state index contributed by atoms with van der Waals surface area (Å²) in [5.41, 5.74) is 2.47. The molecule has 0 bridgehead atoms. The number of benzene rings is 1. The lowest BCUT2D eigenvalue weighted by atomic mass is 9.70. The highest BCUT2D eigenvalue weighted by molar-refractivity contribution is 6.44. The Morgan fingerprint density at radius 3 is 2.92 bits per heavy atom. The van der Waals surface area contributed by atoms with Gasteiger partial charge >= 0.3 is 0 Å². The molecule has 1 atom stereocenters. The van der Waals surface area contributed by atoms with E-state index in [1.165, 1.54) is 0 Å². The number of aliphatic imine (C=N–C) groups is 1. The summed E-state index contributed by atoms with van der Waals surface area (Å²) in [5, 5.41) is 10.3. The van der Waals surface area contributed by atoms with Crippen molar-refractivity contribution < 1.29 is 19.4 Å². The predicted octanol–water partition coefficient (Wildman–Crippen LogP) is 3.47. The number of aliphatic hydroxyl groups is 1. The molecule has 2 aliphatic carbocycles. The molecule has 1 aliphatic heterocycles. The van der Waals surface area contributed by atoms with Crippen molar-refractivity contribution in [2.75, 3.05) is 26.4 Å². The molecule has 0 saturated heterocycles. The van der Waals surface area contributed by atoms with Gasteiger partial charge in [0.1, 0.15) is 17.4 Å². The van der Waals surface area contributed by atoms with Gasteiger partial charge in [0.25, 0.3) is 0 Å². The average molecular weight is 396 g/mol. The van der Waals surface area contributed by atoms with Gasteiger partial charge in [-0.05, 0) is 42.5 Å². The first-order valence-corrected chi connectivity index (χ1v) is 9.46. The highest BCUT2D eigenvalue weighted by Gasteiger charge is 2.45. The Hall–Kier alpha value is -1.56. The number of nitrogens with zero attached hydrogens (tertiary/aromatic N) is 1. The minimum Gasteiger partial charge on any atom is -0.482 e. The molecule has 0 saturated carbocycles. The Morgan fingerprint density at radius 2 is 2.19 bits per heavy atom. The van der Waals surface area contributed by atoms with Crippen LogP contribution in [0.5, 0.6) is 5.75 Å². The monoisotopic (exact) mass is 395 g/mol. The maximum atomic E-state index is 12.0. The van der Waals surface area contributed by atoms with E-state index in [0.717, 1.165) is 16.7 Å². The minimum atomic E-state index is -0.255. The fraction of sp³-hybridized carbons (Fsp3) is 0.474. The lowest BCUT2D eigenvalue weighted by molar-refractivity contribution is -0.115. The van der Waals surface area contributed by atoms with E-state index in [0.29, 0.717) is 60.5 Å². The lowest BCUT2D eigenvalue weighted by Crippen LogP contribution is -2.27. The van der Waals surface area contributed by atoms with Crippen LogP contribution in [-0.4, -0.2) is 43.2 Å². The molecule has 7 heteroatoms. The van der Waals surface area contributed by atoms with Crippen molar-refractivity contribution in [3.8, 4) is 5.75 Å². The van der Waals surface area contributed by atoms with Gasteiger partial charge in [-0.15, -0.1) is 0 Å². The summed E-state index contributed by atoms with van der Waals surface area (Å²) in [6, 6.07) is 1.89. The van der Waals surface area contributed by atoms with E-state index in [2.05, 4.69) is 4.99 Å². The highest BCUT2D eigenvalue weighted by Crippen LogP contribution is 2.57. The normalized spacial score (nSPS) is 23.9. The summed E-state index contributed by atoms with van der Waals surface area (Å²) in [5.74, 6) is 1.13. The predicted molar refractivity (Wildman–Crippen MR) is 100 cm³/mol. The van der Waals surface area contributed by atoms with E-state index in [9.17, 15) is 9.90 Å². The van der Waals surface area contributed by atoms with Gasteiger partial charge in [-0.2, -0.15) is 0 Å². The van der Waals surface area contributed by atoms with Crippen LogP contribution < -0.4 is 4.74 Å². The standard InChI is InChI=1S/C19H19Cl2NO4/c20-17-14(26-10-15-22-4-6-25-15)7-11-9-19(3-5-23)2-1-12(24)8-13(19)16(11)18(17)21/h7-8,23H,1-6,9-10H2. The second kappa shape index (κ2) is 6.87. The molecule has 5 nitrogen and oxygen atoms in total. The Labute approximate surface area is 161 Å². The Kier molecular flexibility index (Phi) is 4.71. The molecule has 1 N–H and O–H groups in total. The van der Waals surface area contributed by atoms with Crippen LogP contribution in [0, 0.1) is 5.41 Å². The summed E-state index contributed by atoms with van der Waals surface area (Å²) in [6.45, 7) is 1.48. The van der Waals surface area contributed by atoms with Gasteiger partial charge in [-0.25, -0.2) is 4.99 Å². The van der Waals surface area contributed by atoms with Gasteiger partial charge < -0.3 is 14.6 Å². The zero-order valence-corrected chi connectivity index (χ0v) is 15.7. The van der Waals surface area contributed by atoms with E-state index in [1.54, 1.807) is 6.08 Å². The average Bonchev–Trinajstić information content (AvgIpc) is 3.23. The third-order valence-electron chi connectivity index (χ3n) is 5.37. The van der Waals surface area contributed by atoms with Crippen LogP contribution >= 0.6 is 23.2 Å². The molecule has 1 aromatic rings. The highest BCUT2D eigenvalue weighted by atomic mass is 35.5. The number of ether oxygens (including phenoxy) is 2. The van der Waals surface area contributed by atoms with E-state index in [1.807, 2.05) is 6.07 Å². The van der Waals surface area contributed by atoms with E-state index < -0.39 is 0 Å². The van der Waals surface area contributed by atoms with Crippen molar-refractivity contribution in [1.29, 1.82) is 0 Å². The van der Waals surface area contributed by atoms with E-state index in [4.69, 9.17) is 32.7 Å². The van der Waals surface area contributed by atoms with Crippen LogP contribution in [0.15, 0.2) is 17.1 Å². The molecule has 0 spiro atoms. The summed E-state index contributed by atoms with van der Waals surface area (Å²) in [6.07, 6.45) is 4.18. The molecule has 0 radical (unpaired) electrons. The van der Waals surface area contributed by atoms with Crippen LogP contribution in [-0.2, 0) is 16.0 Å². The zero-order valence-electron chi connectivity index (χ0n) is 14.2. The largest absolute Gasteiger partial charge is 0.482 e. The summed E-state index contributed by atoms with van der Waals surface area (Å²) in [4.78, 5) is 16.2. The molecule has 1 heterocycles. The van der Waals surface area contributed by atoms with Gasteiger partial charge in [0.05, 0.1) is 11.6 Å². The van der Waals surface area contributed by atoms with Crippen LogP contribution in [0.4, 0.5) is 0 Å². The topological polar surface area (TPSA) is 68.1 Å². The number of carbonyl (C=O) groups is 1. The van der Waals surface area contributed by atoms with Crippen LogP contribution in [0.2, 0.25) is 10.0 Å². The Balaban J connectivity index is 1.71. The first kappa shape index (κ1) is 17.8. The lowest BCUT2D eigenvalue weighted by Gasteiger charge is -2.33. The number of carbonyl (C=O) groups excluding carboxylic acids is 1. The van der Waals surface area contributed by atoms with Crippen molar-refractivity contribution in [2.45, 2.75) is 25.7 Å². The van der Waals surface area contributed by atoms with Gasteiger partial charge in [0.15, 0.2) is 12.4 Å². The zero-order chi connectivity index (χ0) is 18.3. The Morgan fingerprint density at radius 1 is 1.35 bits per heavy atom. The van der Waals surface area contributed by atoms with Crippen LogP contribution in [0.3, 0.4) is 0 Å². The van der Waals surface area contributed by atoms with Crippen molar-refractivity contribution in [3.63, 3.8) is 0 Å². The fourth-order valence-corrected chi connectivity index (χ4v) is 4.65. The first-order valence-electron chi connectivity index (χ1n) is 8.70. The quantitative estimate of drug-likeness (QED) is 0.828. The maximum Gasteiger partial charge on any atom is 0.222 e. The third-order valence-corrected chi connectivity index (χ3v) is 6.22. The second-order valence-electron chi connectivity index (χ2n) is 6.90. The molecule has 0 aromatic heterocycles. The number of hydrogen-bond donors (Lipinski definition) is 1. The van der Waals surface area contributed by atoms with Gasteiger partial charge in [0, 0.05) is 24.0 Å². The summed E-state index contributed by atoms with van der Waals surface area (Å²) < 4.78 is 11.1. The first-order chi connectivity index (χ1) is 12.5. The number of hydrogen-bond acceptors (Lipinski definition) is 5. The van der Waals surface area contributed by atoms with Crippen LogP contribution in [0.25, 0.3) is 5.57 Å². The molecule has 0 fully saturated rings. The van der Waals surface area contributed by atoms with Gasteiger partial charge in [0.2, 0.25) is 5.90 Å². The van der Waals surface area contributed by atoms with E-state index >= 15 is 0 Å². The molecule has 1 unspecified atom stereocenters. The number of fused-ring (bicyclic) bond motifs is 3. The molecule has 26 heavy (non-hydrogen) atoms. The number of ketones is 1. The molecule has 138 valence electrons. The van der Waals surface area contributed by atoms with Crippen molar-refractivity contribution in [3.05, 3.63) is 33.3 Å². The number of rotatable bonds is 5. The van der Waals surface area contributed by atoms with Crippen LogP contribution in [0.1, 0.15) is 30.4 Å². The molecule has 0 amide bonds. The number of allylic oxidation sites excluding steroid dienone is 2. The minimum absolute atomic E-state index is 0.0609. The maximum absolute atomic E-state index is 12.0. The molecule has 3 aliphatic rings. The third kappa shape index (κ3) is 2.92. The second-order valence-corrected chi connectivity index (χ2v) is 7.66. The number of halogens is 2. The fourth-order valence-electron chi connectivity index (χ4n) is 4.13. The molecular formula is C19H19Cl2NO4. The molecule has 4 rings (SSSR count). The summed E-state index contributed by atoms with van der Waals surface area (Å²) in [7, 11) is 0. The molecular weight excluding hydrogens is 377 g/mol. The smallest absolute Gasteiger partial charge is 0.222 e.